The van der Waals surface area contributed by atoms with Gasteiger partial charge in [0.05, 0.1) is 12.8 Å². The van der Waals surface area contributed by atoms with Gasteiger partial charge < -0.3 is 14.6 Å². The van der Waals surface area contributed by atoms with Crippen molar-refractivity contribution in [2.45, 2.75) is 59.9 Å². The monoisotopic (exact) mass is 434 g/mol. The number of nitrogens with one attached hydrogen (secondary N) is 1. The van der Waals surface area contributed by atoms with E-state index in [1.54, 1.807) is 7.11 Å². The van der Waals surface area contributed by atoms with E-state index in [1.807, 2.05) is 36.6 Å². The van der Waals surface area contributed by atoms with Crippen LogP contribution in [-0.4, -0.2) is 37.9 Å². The molecule has 0 spiro atoms. The van der Waals surface area contributed by atoms with E-state index in [1.165, 1.54) is 0 Å². The van der Waals surface area contributed by atoms with Crippen molar-refractivity contribution in [3.63, 3.8) is 0 Å². The highest BCUT2D eigenvalue weighted by Crippen LogP contribution is 2.33. The summed E-state index contributed by atoms with van der Waals surface area (Å²) in [7, 11) is 1.68. The summed E-state index contributed by atoms with van der Waals surface area (Å²) < 4.78 is 12.7. The highest BCUT2D eigenvalue weighted by Gasteiger charge is 2.19. The molecule has 0 unspecified atom stereocenters. The molecule has 8 nitrogen and oxygen atoms in total. The van der Waals surface area contributed by atoms with E-state index in [0.29, 0.717) is 12.3 Å². The smallest absolute Gasteiger partial charge is 0.228 e. The maximum atomic E-state index is 5.41. The van der Waals surface area contributed by atoms with Crippen LogP contribution in [0.3, 0.4) is 0 Å². The first kappa shape index (κ1) is 21.8. The topological polar surface area (TPSA) is 90.4 Å². The van der Waals surface area contributed by atoms with Gasteiger partial charge in [0.25, 0.3) is 0 Å². The van der Waals surface area contributed by atoms with Crippen molar-refractivity contribution in [2.24, 2.45) is 0 Å². The fourth-order valence-corrected chi connectivity index (χ4v) is 3.86. The number of fused-ring (bicyclic) bond motifs is 1. The van der Waals surface area contributed by atoms with Gasteiger partial charge >= 0.3 is 0 Å². The zero-order chi connectivity index (χ0) is 23.0. The van der Waals surface area contributed by atoms with Crippen LogP contribution < -0.4 is 10.1 Å². The average Bonchev–Trinajstić information content (AvgIpc) is 3.32. The van der Waals surface area contributed by atoms with E-state index in [-0.39, 0.29) is 12.0 Å². The minimum Gasteiger partial charge on any atom is -0.497 e. The molecule has 0 radical (unpaired) electrons. The molecule has 1 atom stereocenters. The fraction of sp³-hybridized carbons (Fsp3) is 0.417. The summed E-state index contributed by atoms with van der Waals surface area (Å²) in [6.45, 7) is 12.3. The molecule has 0 aliphatic heterocycles. The molecule has 4 rings (SSSR count). The van der Waals surface area contributed by atoms with E-state index in [9.17, 15) is 0 Å². The molecule has 1 N–H and O–H groups in total. The predicted octanol–water partition coefficient (Wildman–Crippen LogP) is 4.88. The van der Waals surface area contributed by atoms with Gasteiger partial charge in [0.1, 0.15) is 11.6 Å². The van der Waals surface area contributed by atoms with E-state index in [4.69, 9.17) is 19.3 Å². The van der Waals surface area contributed by atoms with Crippen LogP contribution >= 0.6 is 0 Å². The molecule has 3 heterocycles. The molecule has 0 amide bonds. The van der Waals surface area contributed by atoms with Gasteiger partial charge in [-0.05, 0) is 51.0 Å². The minimum atomic E-state index is 0.0659. The molecule has 0 fully saturated rings. The molecular formula is C24H30N6O2. The summed E-state index contributed by atoms with van der Waals surface area (Å²) in [5.41, 5.74) is 5.91. The van der Waals surface area contributed by atoms with Gasteiger partial charge in [0.2, 0.25) is 5.89 Å². The lowest BCUT2D eigenvalue weighted by molar-refractivity contribution is 0.367. The van der Waals surface area contributed by atoms with Crippen LogP contribution in [0.4, 0.5) is 5.82 Å². The number of anilines is 1. The quantitative estimate of drug-likeness (QED) is 0.443. The highest BCUT2D eigenvalue weighted by atomic mass is 16.5. The molecule has 0 saturated heterocycles. The normalized spacial score (nSPS) is 12.5. The first-order chi connectivity index (χ1) is 15.3. The van der Waals surface area contributed by atoms with E-state index >= 15 is 0 Å². The molecule has 32 heavy (non-hydrogen) atoms. The Morgan fingerprint density at radius 3 is 2.53 bits per heavy atom. The summed E-state index contributed by atoms with van der Waals surface area (Å²) in [6, 6.07) is 8.15. The van der Waals surface area contributed by atoms with Crippen LogP contribution in [-0.2, 0) is 6.42 Å². The number of nitrogens with zero attached hydrogens (tertiary/aromatic N) is 5. The van der Waals surface area contributed by atoms with E-state index in [2.05, 4.69) is 49.2 Å². The van der Waals surface area contributed by atoms with Gasteiger partial charge in [-0.3, -0.25) is 0 Å². The third kappa shape index (κ3) is 4.17. The number of ether oxygens (including phenoxy) is 1. The lowest BCUT2D eigenvalue weighted by Gasteiger charge is -2.15. The van der Waals surface area contributed by atoms with Crippen LogP contribution in [0.2, 0.25) is 0 Å². The SMILES string of the molecule is COc1ccc(-c2c(C)nn3c(N[C@@H](C)Cc4nc(C(C)C)no4)cc(C)nc23)c(C)c1. The van der Waals surface area contributed by atoms with Crippen molar-refractivity contribution >= 4 is 11.5 Å². The number of aryl methyl sites for hydroxylation is 3. The van der Waals surface area contributed by atoms with Crippen molar-refractivity contribution < 1.29 is 9.26 Å². The first-order valence-corrected chi connectivity index (χ1v) is 10.9. The predicted molar refractivity (Wildman–Crippen MR) is 124 cm³/mol. The minimum absolute atomic E-state index is 0.0659. The average molecular weight is 435 g/mol. The summed E-state index contributed by atoms with van der Waals surface area (Å²) in [6.07, 6.45) is 0.618. The fourth-order valence-electron chi connectivity index (χ4n) is 3.86. The molecule has 0 aliphatic carbocycles. The lowest BCUT2D eigenvalue weighted by Crippen LogP contribution is -2.20. The van der Waals surface area contributed by atoms with Gasteiger partial charge in [0.15, 0.2) is 11.5 Å². The third-order valence-electron chi connectivity index (χ3n) is 5.47. The number of benzene rings is 1. The Bertz CT molecular complexity index is 1260. The Labute approximate surface area is 188 Å². The molecule has 0 aliphatic rings. The summed E-state index contributed by atoms with van der Waals surface area (Å²) in [5, 5.41) is 12.4. The van der Waals surface area contributed by atoms with Crippen LogP contribution in [0.5, 0.6) is 5.75 Å². The molecular weight excluding hydrogens is 404 g/mol. The Balaban J connectivity index is 1.68. The van der Waals surface area contributed by atoms with Crippen LogP contribution in [0, 0.1) is 20.8 Å². The Morgan fingerprint density at radius 2 is 1.88 bits per heavy atom. The molecule has 168 valence electrons. The second-order valence-electron chi connectivity index (χ2n) is 8.61. The maximum absolute atomic E-state index is 5.41. The van der Waals surface area contributed by atoms with Gasteiger partial charge in [-0.15, -0.1) is 0 Å². The zero-order valence-electron chi connectivity index (χ0n) is 19.7. The molecule has 0 saturated carbocycles. The second-order valence-corrected chi connectivity index (χ2v) is 8.61. The van der Waals surface area contributed by atoms with Crippen LogP contribution in [0.1, 0.15) is 55.4 Å². The molecule has 4 aromatic rings. The van der Waals surface area contributed by atoms with Crippen molar-refractivity contribution in [3.05, 3.63) is 52.9 Å². The van der Waals surface area contributed by atoms with Gasteiger partial charge in [0, 0.05) is 35.7 Å². The summed E-state index contributed by atoms with van der Waals surface area (Å²) in [4.78, 5) is 9.31. The number of hydrogen-bond acceptors (Lipinski definition) is 7. The standard InChI is InChI=1S/C24H30N6O2/c1-13(2)23-27-21(32-29-23)12-16(5)25-20-11-15(4)26-24-22(17(6)28-30(20)24)19-9-8-18(31-7)10-14(19)3/h8-11,13,16,25H,12H2,1-7H3/t16-/m0/s1. The number of methoxy groups -OCH3 is 1. The summed E-state index contributed by atoms with van der Waals surface area (Å²) in [5.74, 6) is 3.31. The first-order valence-electron chi connectivity index (χ1n) is 10.9. The largest absolute Gasteiger partial charge is 0.497 e. The van der Waals surface area contributed by atoms with Crippen molar-refractivity contribution in [3.8, 4) is 16.9 Å². The van der Waals surface area contributed by atoms with Gasteiger partial charge in [-0.1, -0.05) is 25.1 Å². The van der Waals surface area contributed by atoms with Crippen LogP contribution in [0.15, 0.2) is 28.8 Å². The Morgan fingerprint density at radius 1 is 1.09 bits per heavy atom. The van der Waals surface area contributed by atoms with Crippen molar-refractivity contribution in [2.75, 3.05) is 12.4 Å². The lowest BCUT2D eigenvalue weighted by atomic mass is 10.0. The number of aromatic nitrogens is 5. The zero-order valence-corrected chi connectivity index (χ0v) is 19.7. The second kappa shape index (κ2) is 8.61. The van der Waals surface area contributed by atoms with Crippen LogP contribution in [0.25, 0.3) is 16.8 Å². The molecule has 0 bridgehead atoms. The summed E-state index contributed by atoms with van der Waals surface area (Å²) >= 11 is 0. The number of rotatable bonds is 7. The van der Waals surface area contributed by atoms with Gasteiger partial charge in [-0.25, -0.2) is 4.98 Å². The maximum Gasteiger partial charge on any atom is 0.228 e. The van der Waals surface area contributed by atoms with Gasteiger partial charge in [-0.2, -0.15) is 14.6 Å². The van der Waals surface area contributed by atoms with E-state index < -0.39 is 0 Å². The molecule has 1 aromatic carbocycles. The highest BCUT2D eigenvalue weighted by molar-refractivity contribution is 5.83. The molecule has 8 heteroatoms. The Hall–Kier alpha value is -3.42. The van der Waals surface area contributed by atoms with E-state index in [0.717, 1.165) is 51.1 Å². The third-order valence-corrected chi connectivity index (χ3v) is 5.47. The Kier molecular flexibility index (Phi) is 5.86. The number of hydrogen-bond donors (Lipinski definition) is 1. The molecule has 3 aromatic heterocycles. The van der Waals surface area contributed by atoms with Crippen molar-refractivity contribution in [1.82, 2.24) is 24.7 Å². The van der Waals surface area contributed by atoms with Crippen molar-refractivity contribution in [1.29, 1.82) is 0 Å².